The number of rotatable bonds is 4. The van der Waals surface area contributed by atoms with Crippen molar-refractivity contribution in [3.05, 3.63) is 48.7 Å². The van der Waals surface area contributed by atoms with E-state index in [4.69, 9.17) is 0 Å². The number of ketones is 2. The molecule has 0 saturated carbocycles. The molecule has 0 aliphatic heterocycles. The van der Waals surface area contributed by atoms with Gasteiger partial charge in [0, 0.05) is 19.5 Å². The van der Waals surface area contributed by atoms with Gasteiger partial charge in [-0.05, 0) is 12.1 Å². The molecular formula is C15H14N2O2. The monoisotopic (exact) mass is 254 g/mol. The molecule has 0 atom stereocenters. The van der Waals surface area contributed by atoms with E-state index in [-0.39, 0.29) is 0 Å². The molecule has 2 rings (SSSR count). The summed E-state index contributed by atoms with van der Waals surface area (Å²) in [6.45, 7) is 3.36. The van der Waals surface area contributed by atoms with Gasteiger partial charge in [-0.1, -0.05) is 24.8 Å². The number of nitrogens with zero attached hydrogens (tertiary/aromatic N) is 2. The van der Waals surface area contributed by atoms with Crippen LogP contribution in [-0.4, -0.2) is 30.6 Å². The number of Topliss-reactive ketones (excluding diaryl/α,β-unsaturated/α-hetero) is 1. The molecule has 4 heteroatoms. The minimum Gasteiger partial charge on any atom is -0.376 e. The fraction of sp³-hybridized carbons (Fsp3) is 0.133. The number of anilines is 1. The third-order valence-corrected chi connectivity index (χ3v) is 2.87. The van der Waals surface area contributed by atoms with Crippen molar-refractivity contribution in [2.24, 2.45) is 0 Å². The van der Waals surface area contributed by atoms with Crippen molar-refractivity contribution in [2.45, 2.75) is 0 Å². The van der Waals surface area contributed by atoms with Crippen molar-refractivity contribution in [3.63, 3.8) is 0 Å². The molecule has 0 fully saturated rings. The van der Waals surface area contributed by atoms with Gasteiger partial charge in [0.05, 0.1) is 23.0 Å². The van der Waals surface area contributed by atoms with Gasteiger partial charge in [-0.15, -0.1) is 0 Å². The van der Waals surface area contributed by atoms with Crippen molar-refractivity contribution in [2.75, 3.05) is 19.0 Å². The van der Waals surface area contributed by atoms with Crippen LogP contribution >= 0.6 is 0 Å². The Labute approximate surface area is 111 Å². The quantitative estimate of drug-likeness (QED) is 0.477. The van der Waals surface area contributed by atoms with Crippen LogP contribution < -0.4 is 4.90 Å². The van der Waals surface area contributed by atoms with Gasteiger partial charge in [0.2, 0.25) is 11.6 Å². The molecule has 0 saturated heterocycles. The second kappa shape index (κ2) is 5.02. The Kier molecular flexibility index (Phi) is 3.42. The molecule has 19 heavy (non-hydrogen) atoms. The highest BCUT2D eigenvalue weighted by atomic mass is 16.2. The Balaban J connectivity index is 2.79. The SMILES string of the molecule is C=CC(=O)C(=O)c1c(N(C)C)cnc2ccccc12. The number of allylic oxidation sites excluding steroid dienone is 1. The molecule has 0 radical (unpaired) electrons. The minimum atomic E-state index is -0.612. The maximum absolute atomic E-state index is 12.2. The summed E-state index contributed by atoms with van der Waals surface area (Å²) in [5.41, 5.74) is 1.69. The van der Waals surface area contributed by atoms with E-state index in [1.165, 1.54) is 0 Å². The van der Waals surface area contributed by atoms with Gasteiger partial charge >= 0.3 is 0 Å². The first-order valence-corrected chi connectivity index (χ1v) is 5.82. The Morgan fingerprint density at radius 3 is 2.58 bits per heavy atom. The average molecular weight is 254 g/mol. The molecule has 2 aromatic rings. The van der Waals surface area contributed by atoms with Crippen LogP contribution in [0.4, 0.5) is 5.69 Å². The lowest BCUT2D eigenvalue weighted by atomic mass is 10.0. The predicted octanol–water partition coefficient (Wildman–Crippen LogP) is 2.24. The first-order valence-electron chi connectivity index (χ1n) is 5.82. The van der Waals surface area contributed by atoms with E-state index in [1.54, 1.807) is 31.3 Å². The van der Waals surface area contributed by atoms with Gasteiger partial charge in [0.1, 0.15) is 0 Å². The zero-order valence-corrected chi connectivity index (χ0v) is 10.9. The third-order valence-electron chi connectivity index (χ3n) is 2.87. The lowest BCUT2D eigenvalue weighted by molar-refractivity contribution is -0.110. The van der Waals surface area contributed by atoms with Crippen molar-refractivity contribution < 1.29 is 9.59 Å². The summed E-state index contributed by atoms with van der Waals surface area (Å²) < 4.78 is 0. The fourth-order valence-electron chi connectivity index (χ4n) is 1.92. The van der Waals surface area contributed by atoms with Gasteiger partial charge in [0.15, 0.2) is 0 Å². The highest BCUT2D eigenvalue weighted by Crippen LogP contribution is 2.26. The molecule has 1 heterocycles. The normalized spacial score (nSPS) is 10.2. The molecular weight excluding hydrogens is 240 g/mol. The van der Waals surface area contributed by atoms with Crippen LogP contribution in [0.5, 0.6) is 0 Å². The van der Waals surface area contributed by atoms with Gasteiger partial charge in [-0.25, -0.2) is 0 Å². The number of para-hydroxylation sites is 1. The van der Waals surface area contributed by atoms with Gasteiger partial charge < -0.3 is 4.90 Å². The minimum absolute atomic E-state index is 0.375. The molecule has 0 unspecified atom stereocenters. The summed E-state index contributed by atoms with van der Waals surface area (Å²) in [5.74, 6) is -1.17. The molecule has 0 aliphatic rings. The Hall–Kier alpha value is -2.49. The lowest BCUT2D eigenvalue weighted by Gasteiger charge is -2.17. The molecule has 4 nitrogen and oxygen atoms in total. The summed E-state index contributed by atoms with van der Waals surface area (Å²) in [7, 11) is 3.61. The molecule has 0 N–H and O–H groups in total. The average Bonchev–Trinajstić information content (AvgIpc) is 2.44. The highest BCUT2D eigenvalue weighted by Gasteiger charge is 2.21. The Morgan fingerprint density at radius 2 is 1.95 bits per heavy atom. The maximum atomic E-state index is 12.2. The zero-order chi connectivity index (χ0) is 14.0. The topological polar surface area (TPSA) is 50.3 Å². The number of fused-ring (bicyclic) bond motifs is 1. The maximum Gasteiger partial charge on any atom is 0.235 e. The molecule has 1 aromatic carbocycles. The highest BCUT2D eigenvalue weighted by molar-refractivity contribution is 6.50. The predicted molar refractivity (Wildman–Crippen MR) is 75.6 cm³/mol. The van der Waals surface area contributed by atoms with Crippen LogP contribution in [0.2, 0.25) is 0 Å². The van der Waals surface area contributed by atoms with E-state index in [2.05, 4.69) is 11.6 Å². The van der Waals surface area contributed by atoms with E-state index in [1.807, 2.05) is 18.2 Å². The molecule has 96 valence electrons. The van der Waals surface area contributed by atoms with Crippen LogP contribution in [0.15, 0.2) is 43.1 Å². The first-order chi connectivity index (χ1) is 9.06. The number of pyridine rings is 1. The van der Waals surface area contributed by atoms with E-state index >= 15 is 0 Å². The number of hydrogen-bond donors (Lipinski definition) is 0. The van der Waals surface area contributed by atoms with E-state index in [0.29, 0.717) is 22.2 Å². The largest absolute Gasteiger partial charge is 0.376 e. The fourth-order valence-corrected chi connectivity index (χ4v) is 1.92. The molecule has 0 bridgehead atoms. The summed E-state index contributed by atoms with van der Waals surface area (Å²) in [6.07, 6.45) is 2.64. The van der Waals surface area contributed by atoms with Crippen molar-refractivity contribution in [1.29, 1.82) is 0 Å². The van der Waals surface area contributed by atoms with Crippen LogP contribution in [0, 0.1) is 0 Å². The molecule has 1 aromatic heterocycles. The van der Waals surface area contributed by atoms with E-state index in [0.717, 1.165) is 6.08 Å². The number of carbonyl (C=O) groups is 2. The Bertz CT molecular complexity index is 675. The lowest BCUT2D eigenvalue weighted by Crippen LogP contribution is -2.19. The van der Waals surface area contributed by atoms with Crippen LogP contribution in [-0.2, 0) is 4.79 Å². The number of aromatic nitrogens is 1. The zero-order valence-electron chi connectivity index (χ0n) is 10.9. The van der Waals surface area contributed by atoms with Gasteiger partial charge in [-0.2, -0.15) is 0 Å². The second-order valence-corrected chi connectivity index (χ2v) is 4.33. The van der Waals surface area contributed by atoms with E-state index in [9.17, 15) is 9.59 Å². The smallest absolute Gasteiger partial charge is 0.235 e. The van der Waals surface area contributed by atoms with Crippen LogP contribution in [0.1, 0.15) is 10.4 Å². The van der Waals surface area contributed by atoms with Crippen LogP contribution in [0.3, 0.4) is 0 Å². The summed E-state index contributed by atoms with van der Waals surface area (Å²) in [5, 5.41) is 0.675. The number of carbonyl (C=O) groups excluding carboxylic acids is 2. The molecule has 0 spiro atoms. The van der Waals surface area contributed by atoms with Gasteiger partial charge in [-0.3, -0.25) is 14.6 Å². The van der Waals surface area contributed by atoms with Gasteiger partial charge in [0.25, 0.3) is 0 Å². The summed E-state index contributed by atoms with van der Waals surface area (Å²) in [6, 6.07) is 7.26. The van der Waals surface area contributed by atoms with Crippen molar-refractivity contribution in [1.82, 2.24) is 4.98 Å². The Morgan fingerprint density at radius 1 is 1.26 bits per heavy atom. The molecule has 0 amide bonds. The van der Waals surface area contributed by atoms with Crippen molar-refractivity contribution in [3.8, 4) is 0 Å². The van der Waals surface area contributed by atoms with E-state index < -0.39 is 11.6 Å². The first kappa shape index (κ1) is 13.0. The molecule has 0 aliphatic carbocycles. The second-order valence-electron chi connectivity index (χ2n) is 4.33. The summed E-state index contributed by atoms with van der Waals surface area (Å²) in [4.78, 5) is 29.9. The summed E-state index contributed by atoms with van der Waals surface area (Å²) >= 11 is 0. The standard InChI is InChI=1S/C15H14N2O2/c1-4-13(18)15(19)14-10-7-5-6-8-11(10)16-9-12(14)17(2)3/h4-9H,1H2,2-3H3. The number of hydrogen-bond acceptors (Lipinski definition) is 4. The third kappa shape index (κ3) is 2.25. The number of benzene rings is 1. The van der Waals surface area contributed by atoms with Crippen molar-refractivity contribution >= 4 is 28.2 Å². The van der Waals surface area contributed by atoms with Crippen LogP contribution in [0.25, 0.3) is 10.9 Å².